The molecule has 0 atom stereocenters. The largest absolute Gasteiger partial charge is 0.493 e. The van der Waals surface area contributed by atoms with Crippen molar-refractivity contribution in [2.75, 3.05) is 25.3 Å². The second-order valence-electron chi connectivity index (χ2n) is 6.88. The summed E-state index contributed by atoms with van der Waals surface area (Å²) in [6.07, 6.45) is 3.12. The smallest absolute Gasteiger partial charge is 0.264 e. The fourth-order valence-corrected chi connectivity index (χ4v) is 3.27. The van der Waals surface area contributed by atoms with Crippen LogP contribution in [0.15, 0.2) is 53.7 Å². The summed E-state index contributed by atoms with van der Waals surface area (Å²) in [4.78, 5) is 26.1. The van der Waals surface area contributed by atoms with Gasteiger partial charge in [0.2, 0.25) is 0 Å². The summed E-state index contributed by atoms with van der Waals surface area (Å²) in [5.74, 6) is 2.03. The van der Waals surface area contributed by atoms with Crippen molar-refractivity contribution >= 4 is 22.5 Å². The number of ether oxygens (including phenoxy) is 2. The number of benzene rings is 1. The van der Waals surface area contributed by atoms with E-state index in [1.165, 1.54) is 10.9 Å². The van der Waals surface area contributed by atoms with Crippen LogP contribution >= 0.6 is 0 Å². The fraction of sp³-hybridized carbons (Fsp3) is 0.182. The van der Waals surface area contributed by atoms with Crippen molar-refractivity contribution in [1.29, 1.82) is 0 Å². The second kappa shape index (κ2) is 8.31. The first-order chi connectivity index (χ1) is 15.0. The predicted octanol–water partition coefficient (Wildman–Crippen LogP) is 2.60. The Bertz CT molecular complexity index is 1320. The van der Waals surface area contributed by atoms with Crippen LogP contribution in [-0.2, 0) is 13.6 Å². The van der Waals surface area contributed by atoms with Crippen LogP contribution in [-0.4, -0.2) is 33.7 Å². The number of hydrogen-bond donors (Lipinski definition) is 2. The number of pyridine rings is 2. The van der Waals surface area contributed by atoms with Crippen molar-refractivity contribution in [2.24, 2.45) is 7.05 Å². The van der Waals surface area contributed by atoms with Gasteiger partial charge in [-0.15, -0.1) is 0 Å². The third-order valence-corrected chi connectivity index (χ3v) is 4.95. The van der Waals surface area contributed by atoms with E-state index in [4.69, 9.17) is 20.2 Å². The summed E-state index contributed by atoms with van der Waals surface area (Å²) in [7, 11) is 4.81. The van der Waals surface area contributed by atoms with Crippen LogP contribution in [0.2, 0.25) is 0 Å². The summed E-state index contributed by atoms with van der Waals surface area (Å²) in [5, 5.41) is 3.63. The van der Waals surface area contributed by atoms with Crippen molar-refractivity contribution in [1.82, 2.24) is 19.5 Å². The van der Waals surface area contributed by atoms with Crippen LogP contribution in [0, 0.1) is 0 Å². The summed E-state index contributed by atoms with van der Waals surface area (Å²) < 4.78 is 12.1. The van der Waals surface area contributed by atoms with Gasteiger partial charge in [-0.05, 0) is 30.3 Å². The molecular weight excluding hydrogens is 396 g/mol. The Hall–Kier alpha value is -4.14. The summed E-state index contributed by atoms with van der Waals surface area (Å²) >= 11 is 0. The van der Waals surface area contributed by atoms with E-state index in [9.17, 15) is 4.79 Å². The summed E-state index contributed by atoms with van der Waals surface area (Å²) in [6.45, 7) is 0.356. The minimum Gasteiger partial charge on any atom is -0.493 e. The Balaban J connectivity index is 1.84. The van der Waals surface area contributed by atoms with Gasteiger partial charge in [-0.2, -0.15) is 0 Å². The molecule has 158 valence electrons. The zero-order chi connectivity index (χ0) is 22.0. The minimum atomic E-state index is -0.196. The highest BCUT2D eigenvalue weighted by Crippen LogP contribution is 2.33. The number of fused-ring (bicyclic) bond motifs is 1. The van der Waals surface area contributed by atoms with E-state index >= 15 is 0 Å². The standard InChI is InChI=1S/C22H22N6O3/c1-28-12-26-16-10-15(13-6-7-17(30-2)18(9-13)31-3)27-21(19(16)22(28)29)25-11-14-5-4-8-24-20(14)23/h4-10,12H,11H2,1-3H3,(H2,23,24)(H,25,27). The first-order valence-corrected chi connectivity index (χ1v) is 9.54. The molecule has 0 aliphatic rings. The van der Waals surface area contributed by atoms with Gasteiger partial charge >= 0.3 is 0 Å². The van der Waals surface area contributed by atoms with Crippen molar-refractivity contribution in [3.05, 3.63) is 64.8 Å². The SMILES string of the molecule is COc1ccc(-c2cc3ncn(C)c(=O)c3c(NCc3cccnc3N)n2)cc1OC. The van der Waals surface area contributed by atoms with E-state index in [0.717, 1.165) is 11.1 Å². The number of nitrogens with two attached hydrogens (primary N) is 1. The van der Waals surface area contributed by atoms with Crippen molar-refractivity contribution < 1.29 is 9.47 Å². The number of rotatable bonds is 6. The predicted molar refractivity (Wildman–Crippen MR) is 119 cm³/mol. The lowest BCUT2D eigenvalue weighted by atomic mass is 10.1. The van der Waals surface area contributed by atoms with Crippen LogP contribution < -0.4 is 26.1 Å². The number of anilines is 2. The summed E-state index contributed by atoms with van der Waals surface area (Å²) in [5.41, 5.74) is 8.52. The summed E-state index contributed by atoms with van der Waals surface area (Å²) in [6, 6.07) is 11.0. The molecule has 3 aromatic heterocycles. The molecule has 4 aromatic rings. The number of nitrogens with one attached hydrogen (secondary N) is 1. The Morgan fingerprint density at radius 1 is 1.10 bits per heavy atom. The molecule has 0 radical (unpaired) electrons. The zero-order valence-electron chi connectivity index (χ0n) is 17.4. The number of hydrogen-bond acceptors (Lipinski definition) is 8. The fourth-order valence-electron chi connectivity index (χ4n) is 3.27. The molecule has 0 amide bonds. The molecule has 0 bridgehead atoms. The Kier molecular flexibility index (Phi) is 5.40. The molecule has 0 fully saturated rings. The third kappa shape index (κ3) is 3.85. The Labute approximate surface area is 178 Å². The van der Waals surface area contributed by atoms with Gasteiger partial charge in [0.1, 0.15) is 17.0 Å². The van der Waals surface area contributed by atoms with E-state index in [1.54, 1.807) is 45.7 Å². The second-order valence-corrected chi connectivity index (χ2v) is 6.88. The minimum absolute atomic E-state index is 0.196. The molecule has 0 saturated heterocycles. The Morgan fingerprint density at radius 3 is 2.65 bits per heavy atom. The highest BCUT2D eigenvalue weighted by molar-refractivity contribution is 5.91. The molecular formula is C22H22N6O3. The average Bonchev–Trinajstić information content (AvgIpc) is 2.80. The maximum atomic E-state index is 12.8. The van der Waals surface area contributed by atoms with Gasteiger partial charge < -0.3 is 25.1 Å². The number of methoxy groups -OCH3 is 2. The van der Waals surface area contributed by atoms with Crippen LogP contribution in [0.25, 0.3) is 22.2 Å². The van der Waals surface area contributed by atoms with Gasteiger partial charge in [-0.3, -0.25) is 4.79 Å². The van der Waals surface area contributed by atoms with Crippen LogP contribution in [0.4, 0.5) is 11.6 Å². The molecule has 9 heteroatoms. The quantitative estimate of drug-likeness (QED) is 0.491. The van der Waals surface area contributed by atoms with E-state index in [2.05, 4.69) is 15.3 Å². The molecule has 0 saturated carbocycles. The molecule has 3 heterocycles. The number of nitrogen functional groups attached to an aromatic ring is 1. The maximum absolute atomic E-state index is 12.8. The first kappa shape index (κ1) is 20.1. The molecule has 0 spiro atoms. The molecule has 31 heavy (non-hydrogen) atoms. The third-order valence-electron chi connectivity index (χ3n) is 4.95. The highest BCUT2D eigenvalue weighted by atomic mass is 16.5. The van der Waals surface area contributed by atoms with Crippen molar-refractivity contribution in [2.45, 2.75) is 6.54 Å². The lowest BCUT2D eigenvalue weighted by molar-refractivity contribution is 0.355. The lowest BCUT2D eigenvalue weighted by Crippen LogP contribution is -2.19. The Morgan fingerprint density at radius 2 is 1.90 bits per heavy atom. The van der Waals surface area contributed by atoms with Crippen molar-refractivity contribution in [3.8, 4) is 22.8 Å². The molecule has 0 unspecified atom stereocenters. The van der Waals surface area contributed by atoms with E-state index in [-0.39, 0.29) is 5.56 Å². The van der Waals surface area contributed by atoms with Gasteiger partial charge in [0, 0.05) is 30.9 Å². The van der Waals surface area contributed by atoms with Gasteiger partial charge in [-0.25, -0.2) is 15.0 Å². The van der Waals surface area contributed by atoms with E-state index in [1.807, 2.05) is 18.2 Å². The normalized spacial score (nSPS) is 10.8. The molecule has 3 N–H and O–H groups in total. The van der Waals surface area contributed by atoms with Crippen LogP contribution in [0.3, 0.4) is 0 Å². The number of aromatic nitrogens is 4. The molecule has 0 aliphatic heterocycles. The van der Waals surface area contributed by atoms with Gasteiger partial charge in [-0.1, -0.05) is 6.07 Å². The topological polar surface area (TPSA) is 117 Å². The van der Waals surface area contributed by atoms with Crippen LogP contribution in [0.5, 0.6) is 11.5 Å². The lowest BCUT2D eigenvalue weighted by Gasteiger charge is -2.13. The zero-order valence-corrected chi connectivity index (χ0v) is 17.4. The molecule has 4 rings (SSSR count). The van der Waals surface area contributed by atoms with Gasteiger partial charge in [0.25, 0.3) is 5.56 Å². The monoisotopic (exact) mass is 418 g/mol. The van der Waals surface area contributed by atoms with E-state index < -0.39 is 0 Å². The molecule has 1 aromatic carbocycles. The van der Waals surface area contributed by atoms with E-state index in [0.29, 0.717) is 46.3 Å². The van der Waals surface area contributed by atoms with Gasteiger partial charge in [0.15, 0.2) is 11.5 Å². The maximum Gasteiger partial charge on any atom is 0.264 e. The molecule has 9 nitrogen and oxygen atoms in total. The average molecular weight is 418 g/mol. The molecule has 0 aliphatic carbocycles. The number of aryl methyl sites for hydroxylation is 1. The van der Waals surface area contributed by atoms with Crippen LogP contribution in [0.1, 0.15) is 5.56 Å². The van der Waals surface area contributed by atoms with Crippen molar-refractivity contribution in [3.63, 3.8) is 0 Å². The van der Waals surface area contributed by atoms with Gasteiger partial charge in [0.05, 0.1) is 31.8 Å². The first-order valence-electron chi connectivity index (χ1n) is 9.54. The highest BCUT2D eigenvalue weighted by Gasteiger charge is 2.15. The number of nitrogens with zero attached hydrogens (tertiary/aromatic N) is 4.